The number of piperidine rings is 1. The first-order chi connectivity index (χ1) is 16.3. The van der Waals surface area contributed by atoms with E-state index in [9.17, 15) is 14.0 Å². The number of nitriles is 1. The summed E-state index contributed by atoms with van der Waals surface area (Å²) in [6.45, 7) is 5.97. The first-order valence-corrected chi connectivity index (χ1v) is 11.6. The largest absolute Gasteiger partial charge is 0.354 e. The van der Waals surface area contributed by atoms with Gasteiger partial charge in [0.2, 0.25) is 0 Å². The van der Waals surface area contributed by atoms with Gasteiger partial charge in [-0.05, 0) is 50.5 Å². The molecule has 2 aliphatic heterocycles. The first kappa shape index (κ1) is 22.7. The molecule has 1 fully saturated rings. The average molecular weight is 484 g/mol. The number of hydrogen-bond donors (Lipinski definition) is 0. The van der Waals surface area contributed by atoms with Crippen LogP contribution in [0.25, 0.3) is 5.69 Å². The topological polar surface area (TPSA) is 73.9 Å². The number of benzene rings is 1. The molecule has 0 N–H and O–H groups in total. The van der Waals surface area contributed by atoms with Crippen molar-refractivity contribution in [2.45, 2.75) is 51.2 Å². The van der Waals surface area contributed by atoms with E-state index in [4.69, 9.17) is 11.6 Å². The molecular weight excluding hydrogens is 460 g/mol. The molecule has 10 heteroatoms. The normalized spacial score (nSPS) is 17.1. The number of hydrogen-bond acceptors (Lipinski definition) is 6. The Hall–Kier alpha value is -3.09. The van der Waals surface area contributed by atoms with Crippen molar-refractivity contribution in [3.63, 3.8) is 0 Å². The van der Waals surface area contributed by atoms with Gasteiger partial charge in [0.1, 0.15) is 17.2 Å². The molecule has 0 unspecified atom stereocenters. The zero-order chi connectivity index (χ0) is 24.0. The Labute approximate surface area is 201 Å². The summed E-state index contributed by atoms with van der Waals surface area (Å²) in [5.74, 6) is 0.570. The van der Waals surface area contributed by atoms with E-state index in [1.807, 2.05) is 36.9 Å². The van der Waals surface area contributed by atoms with Crippen LogP contribution < -0.4 is 4.90 Å². The lowest BCUT2D eigenvalue weighted by molar-refractivity contribution is 0.147. The van der Waals surface area contributed by atoms with Crippen LogP contribution in [0, 0.1) is 23.0 Å². The van der Waals surface area contributed by atoms with Gasteiger partial charge in [0.05, 0.1) is 24.5 Å². The van der Waals surface area contributed by atoms with Gasteiger partial charge in [0.15, 0.2) is 17.5 Å². The Balaban J connectivity index is 1.47. The minimum atomic E-state index is -0.696. The molecule has 1 saturated heterocycles. The lowest BCUT2D eigenvalue weighted by Crippen LogP contribution is -2.41. The fraction of sp³-hybridized carbons (Fsp3) is 0.417. The molecule has 3 aromatic rings. The Morgan fingerprint density at radius 1 is 1.12 bits per heavy atom. The minimum Gasteiger partial charge on any atom is -0.354 e. The highest BCUT2D eigenvalue weighted by molar-refractivity contribution is 6.30. The predicted octanol–water partition coefficient (Wildman–Crippen LogP) is 4.60. The average Bonchev–Trinajstić information content (AvgIpc) is 3.15. The minimum absolute atomic E-state index is 0.111. The molecule has 0 amide bonds. The summed E-state index contributed by atoms with van der Waals surface area (Å²) < 4.78 is 29.6. The predicted molar refractivity (Wildman–Crippen MR) is 124 cm³/mol. The van der Waals surface area contributed by atoms with Gasteiger partial charge >= 0.3 is 0 Å². The summed E-state index contributed by atoms with van der Waals surface area (Å²) in [7, 11) is 0. The zero-order valence-corrected chi connectivity index (χ0v) is 19.7. The van der Waals surface area contributed by atoms with Crippen LogP contribution in [0.4, 0.5) is 14.6 Å². The fourth-order valence-electron chi connectivity index (χ4n) is 4.75. The molecule has 2 aliphatic rings. The standard InChI is InChI=1S/C24H24ClF2N7/c1-24(2,14-28)33-12-16-9-17(25)3-4-20(16)34-21(13-33)30-31-22(34)15-5-7-32(8-6-15)23-19(27)10-18(26)11-29-23/h3-4,9-11,15H,5-8,12-13H2,1-2H3. The Bertz CT molecular complexity index is 1270. The van der Waals surface area contributed by atoms with Gasteiger partial charge in [0, 0.05) is 36.6 Å². The Morgan fingerprint density at radius 3 is 2.59 bits per heavy atom. The Morgan fingerprint density at radius 2 is 1.88 bits per heavy atom. The molecular formula is C24H24ClF2N7. The monoisotopic (exact) mass is 483 g/mol. The number of fused-ring (bicyclic) bond motifs is 3. The highest BCUT2D eigenvalue weighted by Gasteiger charge is 2.35. The van der Waals surface area contributed by atoms with Crippen LogP contribution in [-0.4, -0.2) is 43.3 Å². The second-order valence-electron chi connectivity index (χ2n) is 9.33. The molecule has 5 rings (SSSR count). The lowest BCUT2D eigenvalue weighted by Gasteiger charge is -2.32. The molecule has 0 atom stereocenters. The van der Waals surface area contributed by atoms with Gasteiger partial charge in [-0.3, -0.25) is 9.47 Å². The van der Waals surface area contributed by atoms with E-state index < -0.39 is 17.2 Å². The van der Waals surface area contributed by atoms with Crippen molar-refractivity contribution in [1.29, 1.82) is 5.26 Å². The Kier molecular flexibility index (Phi) is 5.74. The maximum Gasteiger partial charge on any atom is 0.168 e. The van der Waals surface area contributed by atoms with Crippen LogP contribution in [0.3, 0.4) is 0 Å². The van der Waals surface area contributed by atoms with Crippen LogP contribution in [0.5, 0.6) is 0 Å². The molecule has 0 saturated carbocycles. The molecule has 2 aromatic heterocycles. The molecule has 34 heavy (non-hydrogen) atoms. The van der Waals surface area contributed by atoms with E-state index in [-0.39, 0.29) is 11.7 Å². The summed E-state index contributed by atoms with van der Waals surface area (Å²) in [6.07, 6.45) is 2.50. The number of aromatic nitrogens is 4. The summed E-state index contributed by atoms with van der Waals surface area (Å²) in [5, 5.41) is 19.4. The van der Waals surface area contributed by atoms with Gasteiger partial charge in [-0.15, -0.1) is 10.2 Å². The number of halogens is 3. The quantitative estimate of drug-likeness (QED) is 0.542. The van der Waals surface area contributed by atoms with Crippen molar-refractivity contribution in [2.75, 3.05) is 18.0 Å². The van der Waals surface area contributed by atoms with E-state index in [0.29, 0.717) is 31.2 Å². The third-order valence-electron chi connectivity index (χ3n) is 6.74. The van der Waals surface area contributed by atoms with E-state index in [1.54, 1.807) is 0 Å². The van der Waals surface area contributed by atoms with Crippen molar-refractivity contribution < 1.29 is 8.78 Å². The first-order valence-electron chi connectivity index (χ1n) is 11.2. The van der Waals surface area contributed by atoms with Gasteiger partial charge in [-0.2, -0.15) is 5.26 Å². The van der Waals surface area contributed by atoms with Crippen molar-refractivity contribution in [3.05, 3.63) is 64.3 Å². The van der Waals surface area contributed by atoms with Crippen LogP contribution in [0.1, 0.15) is 49.8 Å². The van der Waals surface area contributed by atoms with Crippen molar-refractivity contribution >= 4 is 17.4 Å². The smallest absolute Gasteiger partial charge is 0.168 e. The van der Waals surface area contributed by atoms with E-state index in [2.05, 4.69) is 30.7 Å². The second kappa shape index (κ2) is 8.60. The third kappa shape index (κ3) is 4.01. The summed E-state index contributed by atoms with van der Waals surface area (Å²) >= 11 is 6.32. The lowest BCUT2D eigenvalue weighted by atomic mass is 9.95. The highest BCUT2D eigenvalue weighted by atomic mass is 35.5. The SMILES string of the molecule is CC(C)(C#N)N1Cc2cc(Cl)ccc2-n2c(nnc2C2CCN(c3ncc(F)cc3F)CC2)C1. The molecule has 0 bridgehead atoms. The molecule has 0 radical (unpaired) electrons. The molecule has 4 heterocycles. The highest BCUT2D eigenvalue weighted by Crippen LogP contribution is 2.36. The number of pyridine rings is 1. The van der Waals surface area contributed by atoms with Gasteiger partial charge in [0.25, 0.3) is 0 Å². The molecule has 1 aromatic carbocycles. The van der Waals surface area contributed by atoms with Crippen molar-refractivity contribution in [1.82, 2.24) is 24.6 Å². The molecule has 0 aliphatic carbocycles. The zero-order valence-electron chi connectivity index (χ0n) is 19.0. The van der Waals surface area contributed by atoms with Gasteiger partial charge in [-0.25, -0.2) is 13.8 Å². The molecule has 176 valence electrons. The van der Waals surface area contributed by atoms with E-state index in [1.165, 1.54) is 0 Å². The summed E-state index contributed by atoms with van der Waals surface area (Å²) in [6, 6.07) is 9.01. The second-order valence-corrected chi connectivity index (χ2v) is 9.77. The van der Waals surface area contributed by atoms with Crippen LogP contribution in [0.2, 0.25) is 5.02 Å². The van der Waals surface area contributed by atoms with E-state index >= 15 is 0 Å². The molecule has 0 spiro atoms. The maximum atomic E-state index is 14.2. The summed E-state index contributed by atoms with van der Waals surface area (Å²) in [5.41, 5.74) is 1.27. The van der Waals surface area contributed by atoms with E-state index in [0.717, 1.165) is 48.0 Å². The number of rotatable bonds is 3. The third-order valence-corrected chi connectivity index (χ3v) is 6.98. The van der Waals surface area contributed by atoms with Crippen LogP contribution in [0.15, 0.2) is 30.5 Å². The van der Waals surface area contributed by atoms with Crippen LogP contribution in [-0.2, 0) is 13.1 Å². The van der Waals surface area contributed by atoms with Crippen molar-refractivity contribution in [2.24, 2.45) is 0 Å². The summed E-state index contributed by atoms with van der Waals surface area (Å²) in [4.78, 5) is 7.87. The van der Waals surface area contributed by atoms with Crippen LogP contribution >= 0.6 is 11.6 Å². The molecule has 7 nitrogen and oxygen atoms in total. The van der Waals surface area contributed by atoms with Gasteiger partial charge < -0.3 is 4.90 Å². The number of anilines is 1. The fourth-order valence-corrected chi connectivity index (χ4v) is 4.94. The van der Waals surface area contributed by atoms with Crippen molar-refractivity contribution in [3.8, 4) is 11.8 Å². The maximum absolute atomic E-state index is 14.2. The van der Waals surface area contributed by atoms with Gasteiger partial charge in [-0.1, -0.05) is 11.6 Å². The number of nitrogens with zero attached hydrogens (tertiary/aromatic N) is 7.